The number of benzene rings is 2. The van der Waals surface area contributed by atoms with Crippen LogP contribution in [0.5, 0.6) is 0 Å². The Kier molecular flexibility index (Phi) is 4.12. The van der Waals surface area contributed by atoms with Gasteiger partial charge in [0.15, 0.2) is 0 Å². The van der Waals surface area contributed by atoms with Crippen molar-refractivity contribution in [2.24, 2.45) is 0 Å². The Morgan fingerprint density at radius 1 is 0.947 bits per heavy atom. The second-order valence-corrected chi connectivity index (χ2v) is 4.30. The van der Waals surface area contributed by atoms with Crippen LogP contribution in [-0.4, -0.2) is 6.61 Å². The van der Waals surface area contributed by atoms with Crippen LogP contribution in [0.15, 0.2) is 54.6 Å². The lowest BCUT2D eigenvalue weighted by molar-refractivity contribution is -0.0872. The molecule has 0 aliphatic rings. The van der Waals surface area contributed by atoms with Crippen molar-refractivity contribution in [1.82, 2.24) is 0 Å². The van der Waals surface area contributed by atoms with Crippen molar-refractivity contribution < 1.29 is 13.5 Å². The Morgan fingerprint density at radius 2 is 1.58 bits per heavy atom. The number of ether oxygens (including phenoxy) is 1. The molecule has 0 spiro atoms. The van der Waals surface area contributed by atoms with Crippen molar-refractivity contribution in [3.05, 3.63) is 65.7 Å². The van der Waals surface area contributed by atoms with Crippen molar-refractivity contribution in [2.45, 2.75) is 12.5 Å². The molecule has 0 heterocycles. The normalized spacial score (nSPS) is 11.5. The van der Waals surface area contributed by atoms with Gasteiger partial charge in [0.2, 0.25) is 0 Å². The van der Waals surface area contributed by atoms with Gasteiger partial charge in [-0.2, -0.15) is 8.78 Å². The largest absolute Gasteiger partial charge is 0.399 e. The molecule has 0 amide bonds. The van der Waals surface area contributed by atoms with Crippen LogP contribution in [0.1, 0.15) is 11.1 Å². The molecule has 4 heteroatoms. The first-order valence-corrected chi connectivity index (χ1v) is 5.93. The first-order valence-electron chi connectivity index (χ1n) is 5.93. The van der Waals surface area contributed by atoms with Gasteiger partial charge in [0.25, 0.3) is 5.92 Å². The average Bonchev–Trinajstić information content (AvgIpc) is 2.42. The van der Waals surface area contributed by atoms with E-state index in [0.29, 0.717) is 5.69 Å². The fraction of sp³-hybridized carbons (Fsp3) is 0.200. The number of alkyl halides is 2. The van der Waals surface area contributed by atoms with E-state index in [1.807, 2.05) is 0 Å². The van der Waals surface area contributed by atoms with Crippen LogP contribution in [-0.2, 0) is 17.3 Å². The maximum absolute atomic E-state index is 13.8. The smallest absolute Gasteiger partial charge is 0.296 e. The van der Waals surface area contributed by atoms with E-state index in [-0.39, 0.29) is 12.2 Å². The zero-order valence-electron chi connectivity index (χ0n) is 10.4. The van der Waals surface area contributed by atoms with E-state index >= 15 is 0 Å². The molecule has 0 saturated heterocycles. The summed E-state index contributed by atoms with van der Waals surface area (Å²) in [6.45, 7) is -0.496. The Hall–Kier alpha value is -1.94. The third kappa shape index (κ3) is 3.76. The highest BCUT2D eigenvalue weighted by Gasteiger charge is 2.31. The van der Waals surface area contributed by atoms with Gasteiger partial charge in [-0.15, -0.1) is 0 Å². The van der Waals surface area contributed by atoms with E-state index < -0.39 is 12.5 Å². The molecule has 2 aromatic rings. The van der Waals surface area contributed by atoms with Crippen molar-refractivity contribution in [3.8, 4) is 0 Å². The summed E-state index contributed by atoms with van der Waals surface area (Å²) in [5.74, 6) is -2.98. The number of anilines is 1. The molecule has 2 rings (SSSR count). The summed E-state index contributed by atoms with van der Waals surface area (Å²) in [4.78, 5) is 0. The van der Waals surface area contributed by atoms with Gasteiger partial charge >= 0.3 is 0 Å². The van der Waals surface area contributed by atoms with Gasteiger partial charge in [0.05, 0.1) is 6.61 Å². The van der Waals surface area contributed by atoms with Crippen molar-refractivity contribution in [3.63, 3.8) is 0 Å². The maximum Gasteiger partial charge on any atom is 0.296 e. The molecular formula is C15H15F2NO. The van der Waals surface area contributed by atoms with E-state index in [1.54, 1.807) is 42.5 Å². The monoisotopic (exact) mass is 263 g/mol. The molecule has 100 valence electrons. The third-order valence-corrected chi connectivity index (χ3v) is 2.73. The van der Waals surface area contributed by atoms with Gasteiger partial charge in [0, 0.05) is 11.3 Å². The number of hydrogen-bond donors (Lipinski definition) is 1. The highest BCUT2D eigenvalue weighted by atomic mass is 19.3. The minimum Gasteiger partial charge on any atom is -0.399 e. The third-order valence-electron chi connectivity index (χ3n) is 2.73. The topological polar surface area (TPSA) is 35.2 Å². The molecule has 0 fully saturated rings. The summed E-state index contributed by atoms with van der Waals surface area (Å²) in [7, 11) is 0. The summed E-state index contributed by atoms with van der Waals surface area (Å²) in [6.07, 6.45) is 0. The molecule has 0 bridgehead atoms. The van der Waals surface area contributed by atoms with Crippen molar-refractivity contribution in [2.75, 3.05) is 12.3 Å². The molecule has 2 aromatic carbocycles. The molecule has 0 aliphatic carbocycles. The summed E-state index contributed by atoms with van der Waals surface area (Å²) in [5.41, 5.74) is 6.96. The van der Waals surface area contributed by atoms with Crippen LogP contribution in [0.4, 0.5) is 14.5 Å². The van der Waals surface area contributed by atoms with E-state index in [4.69, 9.17) is 10.5 Å². The second-order valence-electron chi connectivity index (χ2n) is 4.30. The highest BCUT2D eigenvalue weighted by Crippen LogP contribution is 2.28. The number of halogens is 2. The molecule has 2 N–H and O–H groups in total. The standard InChI is InChI=1S/C15H15F2NO/c16-15(17,13-4-2-1-3-5-13)11-19-10-12-6-8-14(18)9-7-12/h1-9H,10-11,18H2. The Morgan fingerprint density at radius 3 is 2.21 bits per heavy atom. The molecule has 2 nitrogen and oxygen atoms in total. The second kappa shape index (κ2) is 5.80. The summed E-state index contributed by atoms with van der Waals surface area (Å²) in [6, 6.07) is 14.6. The number of nitrogen functional groups attached to an aromatic ring is 1. The van der Waals surface area contributed by atoms with Crippen LogP contribution in [0.25, 0.3) is 0 Å². The van der Waals surface area contributed by atoms with Gasteiger partial charge in [-0.05, 0) is 17.7 Å². The van der Waals surface area contributed by atoms with Crippen LogP contribution in [0, 0.1) is 0 Å². The van der Waals surface area contributed by atoms with Gasteiger partial charge < -0.3 is 10.5 Å². The molecule has 0 aliphatic heterocycles. The van der Waals surface area contributed by atoms with Crippen molar-refractivity contribution >= 4 is 5.69 Å². The minimum atomic E-state index is -2.98. The van der Waals surface area contributed by atoms with Crippen LogP contribution >= 0.6 is 0 Å². The van der Waals surface area contributed by atoms with E-state index in [0.717, 1.165) is 5.56 Å². The molecule has 0 unspecified atom stereocenters. The van der Waals surface area contributed by atoms with Gasteiger partial charge in [0.1, 0.15) is 6.61 Å². The van der Waals surface area contributed by atoms with E-state index in [2.05, 4.69) is 0 Å². The van der Waals surface area contributed by atoms with Gasteiger partial charge in [-0.25, -0.2) is 0 Å². The fourth-order valence-electron chi connectivity index (χ4n) is 1.68. The Balaban J connectivity index is 1.90. The SMILES string of the molecule is Nc1ccc(COCC(F)(F)c2ccccc2)cc1. The average molecular weight is 263 g/mol. The molecule has 0 atom stereocenters. The zero-order chi connectivity index (χ0) is 13.7. The predicted molar refractivity (Wildman–Crippen MR) is 70.8 cm³/mol. The summed E-state index contributed by atoms with van der Waals surface area (Å²) >= 11 is 0. The van der Waals surface area contributed by atoms with Crippen LogP contribution in [0.2, 0.25) is 0 Å². The van der Waals surface area contributed by atoms with Gasteiger partial charge in [-0.3, -0.25) is 0 Å². The lowest BCUT2D eigenvalue weighted by atomic mass is 10.1. The molecule has 0 aromatic heterocycles. The van der Waals surface area contributed by atoms with Crippen LogP contribution in [0.3, 0.4) is 0 Å². The molecule has 0 radical (unpaired) electrons. The minimum absolute atomic E-state index is 0.0349. The highest BCUT2D eigenvalue weighted by molar-refractivity contribution is 5.39. The predicted octanol–water partition coefficient (Wildman–Crippen LogP) is 3.58. The summed E-state index contributed by atoms with van der Waals surface area (Å²) < 4.78 is 32.6. The number of nitrogens with two attached hydrogens (primary N) is 1. The van der Waals surface area contributed by atoms with Crippen molar-refractivity contribution in [1.29, 1.82) is 0 Å². The quantitative estimate of drug-likeness (QED) is 0.837. The lowest BCUT2D eigenvalue weighted by Gasteiger charge is -2.16. The Bertz CT molecular complexity index is 511. The summed E-state index contributed by atoms with van der Waals surface area (Å²) in [5, 5.41) is 0. The van der Waals surface area contributed by atoms with Gasteiger partial charge in [-0.1, -0.05) is 42.5 Å². The van der Waals surface area contributed by atoms with E-state index in [1.165, 1.54) is 12.1 Å². The molecule has 19 heavy (non-hydrogen) atoms. The van der Waals surface area contributed by atoms with E-state index in [9.17, 15) is 8.78 Å². The zero-order valence-corrected chi connectivity index (χ0v) is 10.4. The molecule has 0 saturated carbocycles. The lowest BCUT2D eigenvalue weighted by Crippen LogP contribution is -2.20. The first-order chi connectivity index (χ1) is 9.08. The molecular weight excluding hydrogens is 248 g/mol. The van der Waals surface area contributed by atoms with Crippen LogP contribution < -0.4 is 5.73 Å². The fourth-order valence-corrected chi connectivity index (χ4v) is 1.68. The Labute approximate surface area is 110 Å². The first kappa shape index (κ1) is 13.5. The number of rotatable bonds is 5. The number of hydrogen-bond acceptors (Lipinski definition) is 2. The maximum atomic E-state index is 13.8.